The molecule has 1 fully saturated rings. The number of halogens is 3. The lowest BCUT2D eigenvalue weighted by atomic mass is 9.76. The molecule has 8 heteroatoms. The molecule has 5 nitrogen and oxygen atoms in total. The van der Waals surface area contributed by atoms with Gasteiger partial charge >= 0.3 is 6.18 Å². The topological polar surface area (TPSA) is 73.1 Å². The standard InChI is InChI=1S/C13H19F3N4O/c1-12(2)5-3-8(4-6-12)21-10-7-9(13(14,15)16)18-11(19-10)20-17/h7-8H,3-6,17H2,1-2H3,(H,18,19,20). The van der Waals surface area contributed by atoms with Crippen molar-refractivity contribution < 1.29 is 17.9 Å². The monoisotopic (exact) mass is 304 g/mol. The second-order valence-corrected chi connectivity index (χ2v) is 6.04. The van der Waals surface area contributed by atoms with Gasteiger partial charge in [-0.2, -0.15) is 18.2 Å². The summed E-state index contributed by atoms with van der Waals surface area (Å²) in [4.78, 5) is 7.11. The number of aromatic nitrogens is 2. The molecule has 118 valence electrons. The molecule has 21 heavy (non-hydrogen) atoms. The van der Waals surface area contributed by atoms with E-state index in [0.717, 1.165) is 31.7 Å². The third kappa shape index (κ3) is 4.20. The van der Waals surface area contributed by atoms with Gasteiger partial charge in [-0.15, -0.1) is 0 Å². The molecule has 0 unspecified atom stereocenters. The Labute approximate surface area is 121 Å². The predicted molar refractivity (Wildman–Crippen MR) is 71.5 cm³/mol. The fourth-order valence-electron chi connectivity index (χ4n) is 2.36. The van der Waals surface area contributed by atoms with E-state index in [0.29, 0.717) is 0 Å². The summed E-state index contributed by atoms with van der Waals surface area (Å²) >= 11 is 0. The van der Waals surface area contributed by atoms with Gasteiger partial charge in [0, 0.05) is 6.07 Å². The molecule has 0 radical (unpaired) electrons. The second kappa shape index (κ2) is 5.67. The van der Waals surface area contributed by atoms with Crippen LogP contribution in [0.5, 0.6) is 5.88 Å². The Morgan fingerprint density at radius 1 is 1.29 bits per heavy atom. The fourth-order valence-corrected chi connectivity index (χ4v) is 2.36. The van der Waals surface area contributed by atoms with Crippen LogP contribution >= 0.6 is 0 Å². The number of rotatable bonds is 3. The van der Waals surface area contributed by atoms with E-state index in [1.54, 1.807) is 0 Å². The molecule has 0 aromatic carbocycles. The highest BCUT2D eigenvalue weighted by Crippen LogP contribution is 2.37. The van der Waals surface area contributed by atoms with Crippen LogP contribution in [0.2, 0.25) is 0 Å². The highest BCUT2D eigenvalue weighted by Gasteiger charge is 2.34. The number of nitrogen functional groups attached to an aromatic ring is 1. The van der Waals surface area contributed by atoms with Gasteiger partial charge in [0.15, 0.2) is 5.69 Å². The molecule has 0 atom stereocenters. The van der Waals surface area contributed by atoms with E-state index < -0.39 is 11.9 Å². The zero-order valence-electron chi connectivity index (χ0n) is 12.0. The first-order chi connectivity index (χ1) is 9.69. The van der Waals surface area contributed by atoms with Crippen molar-refractivity contribution in [1.82, 2.24) is 9.97 Å². The van der Waals surface area contributed by atoms with E-state index in [4.69, 9.17) is 10.6 Å². The molecule has 1 aliphatic carbocycles. The van der Waals surface area contributed by atoms with Gasteiger partial charge in [0.2, 0.25) is 11.8 Å². The largest absolute Gasteiger partial charge is 0.474 e. The van der Waals surface area contributed by atoms with Crippen molar-refractivity contribution in [2.45, 2.75) is 51.8 Å². The lowest BCUT2D eigenvalue weighted by Gasteiger charge is -2.34. The van der Waals surface area contributed by atoms with Gasteiger partial charge in [-0.1, -0.05) is 13.8 Å². The molecule has 1 aromatic rings. The normalized spacial score (nSPS) is 19.3. The first-order valence-electron chi connectivity index (χ1n) is 6.79. The number of nitrogens with two attached hydrogens (primary N) is 1. The van der Waals surface area contributed by atoms with Crippen LogP contribution < -0.4 is 16.0 Å². The molecule has 1 heterocycles. The Balaban J connectivity index is 2.13. The first kappa shape index (κ1) is 15.8. The molecule has 0 spiro atoms. The summed E-state index contributed by atoms with van der Waals surface area (Å²) in [5, 5.41) is 0. The molecule has 0 saturated heterocycles. The average molecular weight is 304 g/mol. The smallest absolute Gasteiger partial charge is 0.433 e. The summed E-state index contributed by atoms with van der Waals surface area (Å²) < 4.78 is 43.8. The highest BCUT2D eigenvalue weighted by molar-refractivity contribution is 5.30. The number of anilines is 1. The zero-order valence-corrected chi connectivity index (χ0v) is 12.0. The molecule has 1 aliphatic rings. The average Bonchev–Trinajstić information content (AvgIpc) is 2.40. The fraction of sp³-hybridized carbons (Fsp3) is 0.692. The molecule has 0 amide bonds. The number of nitrogens with one attached hydrogen (secondary N) is 1. The molecule has 0 aliphatic heterocycles. The maximum atomic E-state index is 12.8. The van der Waals surface area contributed by atoms with Gasteiger partial charge in [0.05, 0.1) is 0 Å². The summed E-state index contributed by atoms with van der Waals surface area (Å²) in [5.41, 5.74) is 1.21. The van der Waals surface area contributed by atoms with E-state index in [2.05, 4.69) is 23.8 Å². The van der Waals surface area contributed by atoms with Crippen LogP contribution in [-0.2, 0) is 6.18 Å². The lowest BCUT2D eigenvalue weighted by molar-refractivity contribution is -0.141. The van der Waals surface area contributed by atoms with Gasteiger partial charge in [-0.3, -0.25) is 5.43 Å². The summed E-state index contributed by atoms with van der Waals surface area (Å²) in [6.45, 7) is 4.35. The summed E-state index contributed by atoms with van der Waals surface area (Å²) in [6, 6.07) is 0.806. The van der Waals surface area contributed by atoms with Crippen LogP contribution in [0.25, 0.3) is 0 Å². The third-order valence-corrected chi connectivity index (χ3v) is 3.70. The first-order valence-corrected chi connectivity index (χ1v) is 6.79. The molecule has 0 bridgehead atoms. The van der Waals surface area contributed by atoms with Crippen LogP contribution in [0.3, 0.4) is 0 Å². The van der Waals surface area contributed by atoms with Crippen molar-refractivity contribution in [3.05, 3.63) is 11.8 Å². The van der Waals surface area contributed by atoms with Gasteiger partial charge in [0.1, 0.15) is 6.10 Å². The summed E-state index contributed by atoms with van der Waals surface area (Å²) in [5.74, 6) is 4.69. The van der Waals surface area contributed by atoms with Crippen molar-refractivity contribution in [3.8, 4) is 5.88 Å². The maximum absolute atomic E-state index is 12.8. The number of alkyl halides is 3. The predicted octanol–water partition coefficient (Wildman–Crippen LogP) is 3.13. The SMILES string of the molecule is CC1(C)CCC(Oc2cc(C(F)(F)F)nc(NN)n2)CC1. The van der Waals surface area contributed by atoms with Crippen molar-refractivity contribution in [2.24, 2.45) is 11.3 Å². The minimum Gasteiger partial charge on any atom is -0.474 e. The quantitative estimate of drug-likeness (QED) is 0.663. The van der Waals surface area contributed by atoms with E-state index in [1.807, 2.05) is 5.43 Å². The number of hydrogen-bond donors (Lipinski definition) is 2. The molecular weight excluding hydrogens is 285 g/mol. The molecule has 2 rings (SSSR count). The summed E-state index contributed by atoms with van der Waals surface area (Å²) in [6.07, 6.45) is -1.16. The number of nitrogens with zero attached hydrogens (tertiary/aromatic N) is 2. The van der Waals surface area contributed by atoms with Crippen LogP contribution in [0, 0.1) is 5.41 Å². The minimum absolute atomic E-state index is 0.102. The Hall–Kier alpha value is -1.57. The summed E-state index contributed by atoms with van der Waals surface area (Å²) in [7, 11) is 0. The van der Waals surface area contributed by atoms with Gasteiger partial charge in [-0.05, 0) is 31.1 Å². The van der Waals surface area contributed by atoms with E-state index in [1.165, 1.54) is 0 Å². The highest BCUT2D eigenvalue weighted by atomic mass is 19.4. The van der Waals surface area contributed by atoms with E-state index >= 15 is 0 Å². The van der Waals surface area contributed by atoms with Crippen LogP contribution in [0.1, 0.15) is 45.2 Å². The van der Waals surface area contributed by atoms with Gasteiger partial charge < -0.3 is 4.74 Å². The third-order valence-electron chi connectivity index (χ3n) is 3.70. The van der Waals surface area contributed by atoms with Crippen LogP contribution in [0.15, 0.2) is 6.07 Å². The number of hydrazine groups is 1. The van der Waals surface area contributed by atoms with E-state index in [-0.39, 0.29) is 23.3 Å². The number of hydrogen-bond acceptors (Lipinski definition) is 5. The Morgan fingerprint density at radius 3 is 2.43 bits per heavy atom. The number of ether oxygens (including phenoxy) is 1. The van der Waals surface area contributed by atoms with Crippen molar-refractivity contribution in [1.29, 1.82) is 0 Å². The van der Waals surface area contributed by atoms with Crippen molar-refractivity contribution in [2.75, 3.05) is 5.43 Å². The zero-order chi connectivity index (χ0) is 15.7. The van der Waals surface area contributed by atoms with Crippen LogP contribution in [0.4, 0.5) is 19.1 Å². The van der Waals surface area contributed by atoms with E-state index in [9.17, 15) is 13.2 Å². The molecule has 1 saturated carbocycles. The Morgan fingerprint density at radius 2 is 1.90 bits per heavy atom. The Kier molecular flexibility index (Phi) is 4.27. The molecule has 3 N–H and O–H groups in total. The van der Waals surface area contributed by atoms with Crippen molar-refractivity contribution in [3.63, 3.8) is 0 Å². The Bertz CT molecular complexity index is 495. The van der Waals surface area contributed by atoms with Gasteiger partial charge in [0.25, 0.3) is 0 Å². The molecular formula is C13H19F3N4O. The van der Waals surface area contributed by atoms with Gasteiger partial charge in [-0.25, -0.2) is 10.8 Å². The van der Waals surface area contributed by atoms with Crippen LogP contribution in [-0.4, -0.2) is 16.1 Å². The minimum atomic E-state index is -4.57. The second-order valence-electron chi connectivity index (χ2n) is 6.04. The maximum Gasteiger partial charge on any atom is 0.433 e. The van der Waals surface area contributed by atoms with Crippen molar-refractivity contribution >= 4 is 5.95 Å². The molecule has 1 aromatic heterocycles. The lowest BCUT2D eigenvalue weighted by Crippen LogP contribution is -2.29.